The molecule has 0 aliphatic rings. The number of para-hydroxylation sites is 2. The molecule has 32 heavy (non-hydrogen) atoms. The summed E-state index contributed by atoms with van der Waals surface area (Å²) in [6.45, 7) is 0. The molecule has 9 heteroatoms. The largest absolute Gasteiger partial charge is 0.333 e. The predicted octanol–water partition coefficient (Wildman–Crippen LogP) is 4.54. The topological polar surface area (TPSA) is 99.8 Å². The molecule has 0 unspecified atom stereocenters. The van der Waals surface area contributed by atoms with E-state index >= 15 is 0 Å². The van der Waals surface area contributed by atoms with Crippen LogP contribution < -0.4 is 10.9 Å². The van der Waals surface area contributed by atoms with Gasteiger partial charge in [-0.3, -0.25) is 20.4 Å². The van der Waals surface area contributed by atoms with Crippen LogP contribution in [0, 0.1) is 0 Å². The van der Waals surface area contributed by atoms with E-state index in [9.17, 15) is 9.59 Å². The molecule has 2 heterocycles. The zero-order valence-corrected chi connectivity index (χ0v) is 18.3. The fourth-order valence-electron chi connectivity index (χ4n) is 3.16. The first-order valence-electron chi connectivity index (χ1n) is 9.76. The molecule has 0 radical (unpaired) electrons. The summed E-state index contributed by atoms with van der Waals surface area (Å²) in [4.78, 5) is 36.8. The second-order valence-electron chi connectivity index (χ2n) is 6.99. The number of nitrogens with zero attached hydrogens (tertiary/aromatic N) is 2. The Morgan fingerprint density at radius 3 is 2.47 bits per heavy atom. The van der Waals surface area contributed by atoms with E-state index in [0.717, 1.165) is 37.7 Å². The van der Waals surface area contributed by atoms with Gasteiger partial charge in [0.1, 0.15) is 0 Å². The van der Waals surface area contributed by atoms with Crippen LogP contribution in [0.1, 0.15) is 26.3 Å². The Bertz CT molecular complexity index is 1390. The number of thiazole rings is 1. The Labute approximate surface area is 191 Å². The summed E-state index contributed by atoms with van der Waals surface area (Å²) in [7, 11) is 0. The molecule has 5 rings (SSSR count). The fraction of sp³-hybridized carbons (Fsp3) is 0.0435. The molecule has 2 aromatic heterocycles. The maximum Gasteiger partial charge on any atom is 0.269 e. The van der Waals surface area contributed by atoms with Crippen molar-refractivity contribution in [3.63, 3.8) is 0 Å². The van der Waals surface area contributed by atoms with Gasteiger partial charge in [-0.15, -0.1) is 11.3 Å². The number of benzene rings is 3. The maximum absolute atomic E-state index is 12.4. The van der Waals surface area contributed by atoms with E-state index in [-0.39, 0.29) is 11.8 Å². The van der Waals surface area contributed by atoms with Gasteiger partial charge in [-0.25, -0.2) is 9.97 Å². The van der Waals surface area contributed by atoms with Crippen LogP contribution in [0.4, 0.5) is 0 Å². The van der Waals surface area contributed by atoms with Gasteiger partial charge in [-0.05, 0) is 48.0 Å². The number of aromatic nitrogens is 3. The van der Waals surface area contributed by atoms with E-state index in [1.54, 1.807) is 47.6 Å². The van der Waals surface area contributed by atoms with Gasteiger partial charge in [-0.2, -0.15) is 0 Å². The Kier molecular flexibility index (Phi) is 5.57. The van der Waals surface area contributed by atoms with Crippen LogP contribution in [0.3, 0.4) is 0 Å². The summed E-state index contributed by atoms with van der Waals surface area (Å²) >= 11 is 3.06. The molecule has 0 fully saturated rings. The van der Waals surface area contributed by atoms with Crippen molar-refractivity contribution in [2.45, 2.75) is 10.9 Å². The fourth-order valence-corrected chi connectivity index (χ4v) is 4.71. The van der Waals surface area contributed by atoms with Gasteiger partial charge in [0, 0.05) is 16.9 Å². The number of aromatic amines is 1. The first-order valence-corrected chi connectivity index (χ1v) is 11.6. The first-order chi connectivity index (χ1) is 15.7. The molecule has 0 spiro atoms. The molecule has 0 saturated heterocycles. The molecular weight excluding hydrogens is 442 g/mol. The zero-order chi connectivity index (χ0) is 21.9. The van der Waals surface area contributed by atoms with Crippen molar-refractivity contribution in [2.24, 2.45) is 0 Å². The highest BCUT2D eigenvalue weighted by Crippen LogP contribution is 2.23. The molecule has 0 aliphatic carbocycles. The minimum Gasteiger partial charge on any atom is -0.333 e. The number of rotatable bonds is 5. The van der Waals surface area contributed by atoms with Crippen LogP contribution in [-0.2, 0) is 5.75 Å². The second kappa shape index (κ2) is 8.81. The molecule has 2 amide bonds. The number of imidazole rings is 1. The molecule has 0 atom stereocenters. The molecule has 3 N–H and O–H groups in total. The first kappa shape index (κ1) is 20.2. The Morgan fingerprint density at radius 2 is 1.66 bits per heavy atom. The number of H-pyrrole nitrogens is 1. The summed E-state index contributed by atoms with van der Waals surface area (Å²) in [6, 6.07) is 20.4. The van der Waals surface area contributed by atoms with Crippen LogP contribution in [-0.4, -0.2) is 26.8 Å². The minimum absolute atomic E-state index is 0.381. The highest BCUT2D eigenvalue weighted by atomic mass is 32.2. The average molecular weight is 460 g/mol. The van der Waals surface area contributed by atoms with Gasteiger partial charge >= 0.3 is 0 Å². The summed E-state index contributed by atoms with van der Waals surface area (Å²) in [5.41, 5.74) is 11.4. The molecule has 5 aromatic rings. The lowest BCUT2D eigenvalue weighted by Gasteiger charge is -2.08. The minimum atomic E-state index is -0.382. The van der Waals surface area contributed by atoms with Crippen LogP contribution in [0.5, 0.6) is 0 Å². The van der Waals surface area contributed by atoms with E-state index < -0.39 is 0 Å². The van der Waals surface area contributed by atoms with E-state index in [2.05, 4.69) is 25.8 Å². The Hall–Kier alpha value is -3.69. The normalized spacial score (nSPS) is 11.0. The number of carbonyl (C=O) groups is 2. The van der Waals surface area contributed by atoms with Crippen molar-refractivity contribution >= 4 is 56.2 Å². The summed E-state index contributed by atoms with van der Waals surface area (Å²) < 4.78 is 0.917. The van der Waals surface area contributed by atoms with E-state index in [1.165, 1.54) is 11.3 Å². The SMILES string of the molecule is O=C(NNC(=O)c1ccc2ncsc2c1)c1ccc(CSc2nc3ccccc3[nH]2)cc1. The van der Waals surface area contributed by atoms with Crippen LogP contribution in [0.15, 0.2) is 77.4 Å². The van der Waals surface area contributed by atoms with Crippen molar-refractivity contribution < 1.29 is 9.59 Å². The third kappa shape index (κ3) is 4.34. The molecule has 0 bridgehead atoms. The smallest absolute Gasteiger partial charge is 0.269 e. The number of hydrazine groups is 1. The quantitative estimate of drug-likeness (QED) is 0.265. The van der Waals surface area contributed by atoms with Gasteiger partial charge in [0.15, 0.2) is 5.16 Å². The molecule has 3 aromatic carbocycles. The van der Waals surface area contributed by atoms with Crippen LogP contribution >= 0.6 is 23.1 Å². The van der Waals surface area contributed by atoms with Crippen molar-refractivity contribution in [1.29, 1.82) is 0 Å². The number of amides is 2. The number of carbonyl (C=O) groups excluding carboxylic acids is 2. The average Bonchev–Trinajstić information content (AvgIpc) is 3.47. The van der Waals surface area contributed by atoms with Gasteiger partial charge in [-0.1, -0.05) is 36.0 Å². The van der Waals surface area contributed by atoms with Gasteiger partial charge in [0.2, 0.25) is 0 Å². The highest BCUT2D eigenvalue weighted by Gasteiger charge is 2.11. The van der Waals surface area contributed by atoms with Gasteiger partial charge in [0.05, 0.1) is 26.8 Å². The summed E-state index contributed by atoms with van der Waals surface area (Å²) in [5, 5.41) is 0.854. The van der Waals surface area contributed by atoms with Crippen molar-refractivity contribution in [2.75, 3.05) is 0 Å². The second-order valence-corrected chi connectivity index (χ2v) is 8.84. The van der Waals surface area contributed by atoms with E-state index in [0.29, 0.717) is 11.1 Å². The molecule has 158 valence electrons. The molecule has 0 saturated carbocycles. The number of hydrogen-bond donors (Lipinski definition) is 3. The lowest BCUT2D eigenvalue weighted by molar-refractivity contribution is 0.0847. The maximum atomic E-state index is 12.4. The summed E-state index contributed by atoms with van der Waals surface area (Å²) in [6.07, 6.45) is 0. The lowest BCUT2D eigenvalue weighted by atomic mass is 10.1. The lowest BCUT2D eigenvalue weighted by Crippen LogP contribution is -2.41. The van der Waals surface area contributed by atoms with Crippen LogP contribution in [0.25, 0.3) is 21.3 Å². The van der Waals surface area contributed by atoms with Gasteiger partial charge < -0.3 is 4.98 Å². The number of hydrogen-bond acceptors (Lipinski definition) is 6. The van der Waals surface area contributed by atoms with Crippen molar-refractivity contribution in [1.82, 2.24) is 25.8 Å². The monoisotopic (exact) mass is 459 g/mol. The predicted molar refractivity (Wildman–Crippen MR) is 127 cm³/mol. The van der Waals surface area contributed by atoms with E-state index in [4.69, 9.17) is 0 Å². The summed E-state index contributed by atoms with van der Waals surface area (Å²) in [5.74, 6) is -0.0420. The van der Waals surface area contributed by atoms with Gasteiger partial charge in [0.25, 0.3) is 11.8 Å². The third-order valence-corrected chi connectivity index (χ3v) is 6.58. The van der Waals surface area contributed by atoms with E-state index in [1.807, 2.05) is 36.4 Å². The zero-order valence-electron chi connectivity index (χ0n) is 16.7. The highest BCUT2D eigenvalue weighted by molar-refractivity contribution is 7.98. The molecular formula is C23H17N5O2S2. The Balaban J connectivity index is 1.16. The molecule has 7 nitrogen and oxygen atoms in total. The Morgan fingerprint density at radius 1 is 0.906 bits per heavy atom. The number of fused-ring (bicyclic) bond motifs is 2. The third-order valence-electron chi connectivity index (χ3n) is 4.84. The standard InChI is InChI=1S/C23H17N5O2S2/c29-21(27-28-22(30)16-9-10-19-20(11-16)32-13-24-19)15-7-5-14(6-8-15)12-31-23-25-17-3-1-2-4-18(17)26-23/h1-11,13H,12H2,(H,25,26)(H,27,29)(H,28,30). The van der Waals surface area contributed by atoms with Crippen molar-refractivity contribution in [3.8, 4) is 0 Å². The molecule has 0 aliphatic heterocycles. The van der Waals surface area contributed by atoms with Crippen molar-refractivity contribution in [3.05, 3.63) is 88.9 Å². The number of nitrogens with one attached hydrogen (secondary N) is 3. The van der Waals surface area contributed by atoms with Crippen LogP contribution in [0.2, 0.25) is 0 Å². The number of thioether (sulfide) groups is 1.